The van der Waals surface area contributed by atoms with Crippen molar-refractivity contribution in [1.29, 1.82) is 0 Å². The first-order chi connectivity index (χ1) is 9.79. The summed E-state index contributed by atoms with van der Waals surface area (Å²) >= 11 is 0.515. The Morgan fingerprint density at radius 2 is 2.24 bits per heavy atom. The number of nitrogens with one attached hydrogen (secondary N) is 1. The number of carbonyl (C=O) groups is 1. The minimum absolute atomic E-state index is 0.0917. The second kappa shape index (κ2) is 6.21. The van der Waals surface area contributed by atoms with Gasteiger partial charge in [0.15, 0.2) is 5.13 Å². The van der Waals surface area contributed by atoms with Gasteiger partial charge in [0.05, 0.1) is 6.20 Å². The van der Waals surface area contributed by atoms with E-state index in [4.69, 9.17) is 0 Å². The molecule has 0 spiro atoms. The number of thiazole rings is 1. The normalized spacial score (nSPS) is 21.2. The molecule has 1 fully saturated rings. The number of piperidine rings is 1. The Balaban J connectivity index is 1.99. The molecule has 1 amide bonds. The van der Waals surface area contributed by atoms with Crippen LogP contribution in [0, 0.1) is 0 Å². The van der Waals surface area contributed by atoms with E-state index in [0.29, 0.717) is 17.9 Å². The van der Waals surface area contributed by atoms with Gasteiger partial charge in [0.1, 0.15) is 10.9 Å². The number of likely N-dealkylation sites (tertiary alicyclic amines) is 1. The van der Waals surface area contributed by atoms with Gasteiger partial charge in [0, 0.05) is 12.6 Å². The first-order valence-electron chi connectivity index (χ1n) is 6.89. The van der Waals surface area contributed by atoms with Gasteiger partial charge in [-0.15, -0.1) is 0 Å². The molecule has 2 heterocycles. The molecule has 1 aromatic heterocycles. The molecule has 1 aliphatic heterocycles. The zero-order chi connectivity index (χ0) is 15.6. The van der Waals surface area contributed by atoms with Gasteiger partial charge in [-0.2, -0.15) is 13.2 Å². The van der Waals surface area contributed by atoms with Crippen molar-refractivity contribution in [2.45, 2.75) is 51.4 Å². The molecule has 2 rings (SSSR count). The third-order valence-corrected chi connectivity index (χ3v) is 4.55. The highest BCUT2D eigenvalue weighted by atomic mass is 32.1. The van der Waals surface area contributed by atoms with Crippen molar-refractivity contribution in [3.05, 3.63) is 11.1 Å². The molecule has 118 valence electrons. The smallest absolute Gasteiger partial charge is 0.350 e. The Morgan fingerprint density at radius 3 is 2.81 bits per heavy atom. The molecular weight excluding hydrogens is 303 g/mol. The topological polar surface area (TPSA) is 45.2 Å². The Kier molecular flexibility index (Phi) is 4.75. The maximum atomic E-state index is 12.5. The maximum absolute atomic E-state index is 12.5. The minimum atomic E-state index is -4.40. The number of halogens is 3. The fraction of sp³-hybridized carbons (Fsp3) is 0.692. The van der Waals surface area contributed by atoms with Crippen LogP contribution >= 0.6 is 11.3 Å². The van der Waals surface area contributed by atoms with Gasteiger partial charge in [-0.1, -0.05) is 11.3 Å². The van der Waals surface area contributed by atoms with Crippen LogP contribution in [0.5, 0.6) is 0 Å². The molecule has 1 aliphatic rings. The van der Waals surface area contributed by atoms with E-state index in [2.05, 4.69) is 10.3 Å². The van der Waals surface area contributed by atoms with Crippen LogP contribution in [0.2, 0.25) is 0 Å². The van der Waals surface area contributed by atoms with Gasteiger partial charge in [0.2, 0.25) is 5.91 Å². The van der Waals surface area contributed by atoms with E-state index in [-0.39, 0.29) is 17.1 Å². The lowest BCUT2D eigenvalue weighted by Gasteiger charge is -2.35. The number of anilines is 1. The molecule has 21 heavy (non-hydrogen) atoms. The van der Waals surface area contributed by atoms with Crippen LogP contribution in [-0.4, -0.2) is 34.4 Å². The van der Waals surface area contributed by atoms with Gasteiger partial charge < -0.3 is 10.2 Å². The van der Waals surface area contributed by atoms with Crippen molar-refractivity contribution < 1.29 is 18.0 Å². The van der Waals surface area contributed by atoms with E-state index in [1.165, 1.54) is 0 Å². The highest BCUT2D eigenvalue weighted by molar-refractivity contribution is 7.15. The molecule has 1 saturated heterocycles. The number of aromatic nitrogens is 1. The average Bonchev–Trinajstić information content (AvgIpc) is 2.87. The first-order valence-corrected chi connectivity index (χ1v) is 7.70. The maximum Gasteiger partial charge on any atom is 0.427 e. The quantitative estimate of drug-likeness (QED) is 0.928. The average molecular weight is 321 g/mol. The lowest BCUT2D eigenvalue weighted by atomic mass is 10.0. The number of rotatable bonds is 3. The van der Waals surface area contributed by atoms with Crippen molar-refractivity contribution in [2.24, 2.45) is 0 Å². The molecule has 1 aromatic rings. The molecule has 4 nitrogen and oxygen atoms in total. The highest BCUT2D eigenvalue weighted by Crippen LogP contribution is 2.35. The van der Waals surface area contributed by atoms with Gasteiger partial charge >= 0.3 is 6.18 Å². The van der Waals surface area contributed by atoms with Crippen molar-refractivity contribution in [3.8, 4) is 0 Å². The summed E-state index contributed by atoms with van der Waals surface area (Å²) in [7, 11) is 0. The third-order valence-electron chi connectivity index (χ3n) is 3.58. The van der Waals surface area contributed by atoms with Crippen LogP contribution in [-0.2, 0) is 11.0 Å². The Bertz CT molecular complexity index is 503. The van der Waals surface area contributed by atoms with Crippen molar-refractivity contribution >= 4 is 22.4 Å². The second-order valence-electron chi connectivity index (χ2n) is 5.27. The van der Waals surface area contributed by atoms with Gasteiger partial charge in [-0.3, -0.25) is 4.79 Å². The summed E-state index contributed by atoms with van der Waals surface area (Å²) in [5.74, 6) is -0.0917. The molecule has 0 saturated carbocycles. The number of amides is 1. The summed E-state index contributed by atoms with van der Waals surface area (Å²) in [4.78, 5) is 17.0. The lowest BCUT2D eigenvalue weighted by molar-refractivity contribution is -0.135. The molecule has 1 N–H and O–H groups in total. The first kappa shape index (κ1) is 16.1. The molecule has 2 atom stereocenters. The fourth-order valence-corrected chi connectivity index (χ4v) is 3.16. The summed E-state index contributed by atoms with van der Waals surface area (Å²) in [5.41, 5.74) is 0. The summed E-state index contributed by atoms with van der Waals surface area (Å²) < 4.78 is 37.5. The number of hydrogen-bond donors (Lipinski definition) is 1. The van der Waals surface area contributed by atoms with Crippen LogP contribution in [0.4, 0.5) is 18.3 Å². The van der Waals surface area contributed by atoms with Crippen LogP contribution < -0.4 is 5.32 Å². The van der Waals surface area contributed by atoms with Gasteiger partial charge in [-0.25, -0.2) is 4.98 Å². The third kappa shape index (κ3) is 3.87. The van der Waals surface area contributed by atoms with E-state index in [9.17, 15) is 18.0 Å². The SMILES string of the molecule is CC(Nc1ncc(C(F)(F)F)s1)C(=O)N1CCCCC1C. The predicted molar refractivity (Wildman–Crippen MR) is 75.2 cm³/mol. The van der Waals surface area contributed by atoms with Gasteiger partial charge in [0.25, 0.3) is 0 Å². The Labute approximate surface area is 125 Å². The van der Waals surface area contributed by atoms with Gasteiger partial charge in [-0.05, 0) is 33.1 Å². The monoisotopic (exact) mass is 321 g/mol. The highest BCUT2D eigenvalue weighted by Gasteiger charge is 2.34. The van der Waals surface area contributed by atoms with Crippen molar-refractivity contribution in [2.75, 3.05) is 11.9 Å². The second-order valence-corrected chi connectivity index (χ2v) is 6.30. The molecule has 0 bridgehead atoms. The number of alkyl halides is 3. The number of nitrogens with zero attached hydrogens (tertiary/aromatic N) is 2. The minimum Gasteiger partial charge on any atom is -0.350 e. The largest absolute Gasteiger partial charge is 0.427 e. The number of hydrogen-bond acceptors (Lipinski definition) is 4. The lowest BCUT2D eigenvalue weighted by Crippen LogP contribution is -2.48. The van der Waals surface area contributed by atoms with Crippen LogP contribution in [0.15, 0.2) is 6.20 Å². The van der Waals surface area contributed by atoms with E-state index in [1.54, 1.807) is 11.8 Å². The van der Waals surface area contributed by atoms with E-state index >= 15 is 0 Å². The Morgan fingerprint density at radius 1 is 1.52 bits per heavy atom. The fourth-order valence-electron chi connectivity index (χ4n) is 2.39. The number of carbonyl (C=O) groups excluding carboxylic acids is 1. The molecule has 0 aliphatic carbocycles. The summed E-state index contributed by atoms with van der Waals surface area (Å²) in [6, 6.07) is -0.407. The zero-order valence-corrected chi connectivity index (χ0v) is 12.7. The van der Waals surface area contributed by atoms with E-state index in [1.807, 2.05) is 6.92 Å². The zero-order valence-electron chi connectivity index (χ0n) is 11.9. The van der Waals surface area contributed by atoms with Crippen LogP contribution in [0.3, 0.4) is 0 Å². The van der Waals surface area contributed by atoms with Crippen LogP contribution in [0.1, 0.15) is 38.0 Å². The molecular formula is C13H18F3N3OS. The van der Waals surface area contributed by atoms with E-state index < -0.39 is 17.1 Å². The summed E-state index contributed by atoms with van der Waals surface area (Å²) in [6.07, 6.45) is -0.569. The predicted octanol–water partition coefficient (Wildman–Crippen LogP) is 3.36. The molecule has 0 radical (unpaired) electrons. The molecule has 0 aromatic carbocycles. The summed E-state index contributed by atoms with van der Waals surface area (Å²) in [6.45, 7) is 4.35. The van der Waals surface area contributed by atoms with Crippen LogP contribution in [0.25, 0.3) is 0 Å². The summed E-state index contributed by atoms with van der Waals surface area (Å²) in [5, 5.41) is 2.89. The Hall–Kier alpha value is -1.31. The molecule has 2 unspecified atom stereocenters. The van der Waals surface area contributed by atoms with Crippen molar-refractivity contribution in [3.63, 3.8) is 0 Å². The standard InChI is InChI=1S/C13H18F3N3OS/c1-8-5-3-4-6-19(8)11(20)9(2)18-12-17-7-10(21-12)13(14,15)16/h7-9H,3-6H2,1-2H3,(H,17,18). The molecule has 8 heteroatoms. The van der Waals surface area contributed by atoms with Crippen molar-refractivity contribution in [1.82, 2.24) is 9.88 Å². The van der Waals surface area contributed by atoms with E-state index in [0.717, 1.165) is 25.5 Å².